The maximum atomic E-state index is 12.0. The number of benzene rings is 1. The van der Waals surface area contributed by atoms with Gasteiger partial charge in [-0.1, -0.05) is 44.7 Å². The van der Waals surface area contributed by atoms with Crippen LogP contribution in [-0.2, 0) is 16.1 Å². The molecule has 118 valence electrons. The Kier molecular flexibility index (Phi) is 8.71. The molecular formula is C17H28N2O2. The highest BCUT2D eigenvalue weighted by atomic mass is 16.5. The van der Waals surface area contributed by atoms with Gasteiger partial charge in [-0.15, -0.1) is 0 Å². The molecule has 4 heteroatoms. The molecule has 21 heavy (non-hydrogen) atoms. The fraction of sp³-hybridized carbons (Fsp3) is 0.588. The molecule has 0 aliphatic heterocycles. The van der Waals surface area contributed by atoms with Crippen molar-refractivity contribution in [2.45, 2.75) is 58.6 Å². The molecule has 0 spiro atoms. The average Bonchev–Trinajstić information content (AvgIpc) is 2.51. The second-order valence-electron chi connectivity index (χ2n) is 5.32. The standard InChI is InChI=1S/C17H28N2O2/c1-3-4-5-6-7-12-21-14(2)17(20)19-16-10-8-15(13-18)9-11-16/h8-11,14H,3-7,12-13,18H2,1-2H3,(H,19,20). The molecule has 3 N–H and O–H groups in total. The summed E-state index contributed by atoms with van der Waals surface area (Å²) in [6, 6.07) is 7.54. The van der Waals surface area contributed by atoms with Gasteiger partial charge in [0.05, 0.1) is 0 Å². The lowest BCUT2D eigenvalue weighted by Gasteiger charge is -2.13. The molecule has 1 aromatic carbocycles. The Labute approximate surface area is 128 Å². The highest BCUT2D eigenvalue weighted by Gasteiger charge is 2.13. The Hall–Kier alpha value is -1.39. The van der Waals surface area contributed by atoms with Gasteiger partial charge in [-0.2, -0.15) is 0 Å². The third-order valence-electron chi connectivity index (χ3n) is 3.44. The molecule has 0 fully saturated rings. The van der Waals surface area contributed by atoms with Gasteiger partial charge in [-0.05, 0) is 31.0 Å². The second-order valence-corrected chi connectivity index (χ2v) is 5.32. The molecule has 0 aliphatic carbocycles. The molecule has 1 amide bonds. The van der Waals surface area contributed by atoms with E-state index >= 15 is 0 Å². The van der Waals surface area contributed by atoms with Gasteiger partial charge in [0.2, 0.25) is 0 Å². The zero-order valence-electron chi connectivity index (χ0n) is 13.2. The van der Waals surface area contributed by atoms with Crippen molar-refractivity contribution in [1.82, 2.24) is 0 Å². The van der Waals surface area contributed by atoms with Crippen LogP contribution < -0.4 is 11.1 Å². The molecule has 1 atom stereocenters. The number of carbonyl (C=O) groups is 1. The van der Waals surface area contributed by atoms with Crippen molar-refractivity contribution in [1.29, 1.82) is 0 Å². The summed E-state index contributed by atoms with van der Waals surface area (Å²) in [7, 11) is 0. The largest absolute Gasteiger partial charge is 0.369 e. The third kappa shape index (κ3) is 7.25. The van der Waals surface area contributed by atoms with Crippen molar-refractivity contribution in [3.05, 3.63) is 29.8 Å². The number of nitrogens with one attached hydrogen (secondary N) is 1. The van der Waals surface area contributed by atoms with Crippen molar-refractivity contribution in [2.75, 3.05) is 11.9 Å². The lowest BCUT2D eigenvalue weighted by Crippen LogP contribution is -2.28. The average molecular weight is 292 g/mol. The maximum absolute atomic E-state index is 12.0. The van der Waals surface area contributed by atoms with Crippen molar-refractivity contribution < 1.29 is 9.53 Å². The van der Waals surface area contributed by atoms with Crippen molar-refractivity contribution in [3.63, 3.8) is 0 Å². The Morgan fingerprint density at radius 2 is 1.86 bits per heavy atom. The Bertz CT molecular complexity index is 404. The predicted octanol–water partition coefficient (Wildman–Crippen LogP) is 3.46. The molecule has 4 nitrogen and oxygen atoms in total. The first-order chi connectivity index (χ1) is 10.2. The van der Waals surface area contributed by atoms with E-state index in [9.17, 15) is 4.79 Å². The lowest BCUT2D eigenvalue weighted by molar-refractivity contribution is -0.126. The smallest absolute Gasteiger partial charge is 0.253 e. The minimum Gasteiger partial charge on any atom is -0.369 e. The van der Waals surface area contributed by atoms with Crippen molar-refractivity contribution in [3.8, 4) is 0 Å². The molecule has 0 bridgehead atoms. The van der Waals surface area contributed by atoms with E-state index in [0.29, 0.717) is 13.2 Å². The van der Waals surface area contributed by atoms with Gasteiger partial charge in [0.1, 0.15) is 6.10 Å². The zero-order chi connectivity index (χ0) is 15.5. The molecule has 1 rings (SSSR count). The van der Waals surface area contributed by atoms with Crippen LogP contribution in [0.5, 0.6) is 0 Å². The van der Waals surface area contributed by atoms with E-state index < -0.39 is 6.10 Å². The molecule has 0 aromatic heterocycles. The van der Waals surface area contributed by atoms with Crippen LogP contribution >= 0.6 is 0 Å². The summed E-state index contributed by atoms with van der Waals surface area (Å²) in [4.78, 5) is 12.0. The van der Waals surface area contributed by atoms with E-state index in [1.54, 1.807) is 6.92 Å². The maximum Gasteiger partial charge on any atom is 0.253 e. The number of hydrogen-bond donors (Lipinski definition) is 2. The highest BCUT2D eigenvalue weighted by Crippen LogP contribution is 2.10. The first kappa shape index (κ1) is 17.7. The summed E-state index contributed by atoms with van der Waals surface area (Å²) in [5.74, 6) is -0.107. The first-order valence-corrected chi connectivity index (χ1v) is 7.88. The van der Waals surface area contributed by atoms with E-state index in [4.69, 9.17) is 10.5 Å². The molecule has 1 aromatic rings. The first-order valence-electron chi connectivity index (χ1n) is 7.88. The van der Waals surface area contributed by atoms with Crippen LogP contribution in [0.4, 0.5) is 5.69 Å². The molecule has 0 saturated carbocycles. The molecular weight excluding hydrogens is 264 g/mol. The lowest BCUT2D eigenvalue weighted by atomic mass is 10.2. The van der Waals surface area contributed by atoms with Crippen molar-refractivity contribution in [2.24, 2.45) is 5.73 Å². The zero-order valence-corrected chi connectivity index (χ0v) is 13.2. The number of anilines is 1. The second kappa shape index (κ2) is 10.4. The highest BCUT2D eigenvalue weighted by molar-refractivity contribution is 5.93. The summed E-state index contributed by atoms with van der Waals surface area (Å²) in [6.45, 7) is 5.13. The number of amides is 1. The number of unbranched alkanes of at least 4 members (excludes halogenated alkanes) is 4. The summed E-state index contributed by atoms with van der Waals surface area (Å²) < 4.78 is 5.57. The van der Waals surface area contributed by atoms with E-state index in [0.717, 1.165) is 17.7 Å². The Balaban J connectivity index is 2.23. The summed E-state index contributed by atoms with van der Waals surface area (Å²) in [6.07, 6.45) is 5.52. The van der Waals surface area contributed by atoms with Gasteiger partial charge in [-0.3, -0.25) is 4.79 Å². The molecule has 0 saturated heterocycles. The van der Waals surface area contributed by atoms with Gasteiger partial charge in [-0.25, -0.2) is 0 Å². The molecule has 0 heterocycles. The van der Waals surface area contributed by atoms with E-state index in [1.807, 2.05) is 24.3 Å². The van der Waals surface area contributed by atoms with Gasteiger partial charge in [0.15, 0.2) is 0 Å². The van der Waals surface area contributed by atoms with Crippen LogP contribution in [-0.4, -0.2) is 18.6 Å². The number of carbonyl (C=O) groups excluding carboxylic acids is 1. The van der Waals surface area contributed by atoms with Crippen molar-refractivity contribution >= 4 is 11.6 Å². The van der Waals surface area contributed by atoms with E-state index in [-0.39, 0.29) is 5.91 Å². The molecule has 1 unspecified atom stereocenters. The van der Waals surface area contributed by atoms with Gasteiger partial charge < -0.3 is 15.8 Å². The molecule has 0 radical (unpaired) electrons. The summed E-state index contributed by atoms with van der Waals surface area (Å²) in [5.41, 5.74) is 7.36. The minimum absolute atomic E-state index is 0.107. The predicted molar refractivity (Wildman–Crippen MR) is 87.1 cm³/mol. The summed E-state index contributed by atoms with van der Waals surface area (Å²) >= 11 is 0. The van der Waals surface area contributed by atoms with Gasteiger partial charge in [0, 0.05) is 18.8 Å². The van der Waals surface area contributed by atoms with Gasteiger partial charge in [0.25, 0.3) is 5.91 Å². The van der Waals surface area contributed by atoms with Crippen LogP contribution in [0.25, 0.3) is 0 Å². The quantitative estimate of drug-likeness (QED) is 0.649. The van der Waals surface area contributed by atoms with Crippen LogP contribution in [0, 0.1) is 0 Å². The van der Waals surface area contributed by atoms with Crippen LogP contribution in [0.3, 0.4) is 0 Å². The van der Waals surface area contributed by atoms with Crippen LogP contribution in [0.1, 0.15) is 51.5 Å². The van der Waals surface area contributed by atoms with E-state index in [2.05, 4.69) is 12.2 Å². The fourth-order valence-electron chi connectivity index (χ4n) is 2.01. The minimum atomic E-state index is -0.426. The van der Waals surface area contributed by atoms with E-state index in [1.165, 1.54) is 25.7 Å². The Morgan fingerprint density at radius 3 is 2.48 bits per heavy atom. The number of hydrogen-bond acceptors (Lipinski definition) is 3. The van der Waals surface area contributed by atoms with Crippen LogP contribution in [0.15, 0.2) is 24.3 Å². The number of rotatable bonds is 10. The van der Waals surface area contributed by atoms with Crippen LogP contribution in [0.2, 0.25) is 0 Å². The normalized spacial score (nSPS) is 12.1. The monoisotopic (exact) mass is 292 g/mol. The number of ether oxygens (including phenoxy) is 1. The number of nitrogens with two attached hydrogens (primary N) is 1. The molecule has 0 aliphatic rings. The fourth-order valence-corrected chi connectivity index (χ4v) is 2.01. The summed E-state index contributed by atoms with van der Waals surface area (Å²) in [5, 5.41) is 2.85. The SMILES string of the molecule is CCCCCCCOC(C)C(=O)Nc1ccc(CN)cc1. The third-order valence-corrected chi connectivity index (χ3v) is 3.44. The van der Waals surface area contributed by atoms with Gasteiger partial charge >= 0.3 is 0 Å². The Morgan fingerprint density at radius 1 is 1.19 bits per heavy atom. The topological polar surface area (TPSA) is 64.3 Å².